The van der Waals surface area contributed by atoms with Gasteiger partial charge in [0.1, 0.15) is 0 Å². The molecule has 1 aliphatic rings. The molecule has 1 rings (SSSR count). The van der Waals surface area contributed by atoms with Gasteiger partial charge in [0, 0.05) is 26.2 Å². The van der Waals surface area contributed by atoms with Gasteiger partial charge in [0.05, 0.1) is 6.26 Å². The zero-order valence-corrected chi connectivity index (χ0v) is 13.3. The van der Waals surface area contributed by atoms with Crippen molar-refractivity contribution in [3.8, 4) is 0 Å². The van der Waals surface area contributed by atoms with Crippen molar-refractivity contribution in [1.82, 2.24) is 9.21 Å². The molecule has 1 heterocycles. The molecule has 0 N–H and O–H groups in total. The number of nitrogens with zero attached hydrogens (tertiary/aromatic N) is 2. The topological polar surface area (TPSA) is 40.6 Å². The minimum absolute atomic E-state index is 0.356. The summed E-state index contributed by atoms with van der Waals surface area (Å²) >= 11 is 0. The van der Waals surface area contributed by atoms with Gasteiger partial charge < -0.3 is 4.90 Å². The van der Waals surface area contributed by atoms with Crippen LogP contribution in [0.4, 0.5) is 0 Å². The van der Waals surface area contributed by atoms with E-state index in [1.165, 1.54) is 12.7 Å². The number of piperazine rings is 1. The Hall–Kier alpha value is -0.130. The van der Waals surface area contributed by atoms with Gasteiger partial charge in [-0.15, -0.1) is 0 Å². The molecule has 18 heavy (non-hydrogen) atoms. The minimum Gasteiger partial charge on any atom is -0.301 e. The molecule has 0 aliphatic carbocycles. The zero-order chi connectivity index (χ0) is 14.0. The predicted octanol–water partition coefficient (Wildman–Crippen LogP) is 1.64. The van der Waals surface area contributed by atoms with Crippen LogP contribution in [0.3, 0.4) is 0 Å². The summed E-state index contributed by atoms with van der Waals surface area (Å²) in [5, 5.41) is 0. The van der Waals surface area contributed by atoms with Crippen molar-refractivity contribution in [2.45, 2.75) is 34.1 Å². The summed E-state index contributed by atoms with van der Waals surface area (Å²) in [6.45, 7) is 13.2. The van der Waals surface area contributed by atoms with E-state index in [1.807, 2.05) is 0 Å². The Bertz CT molecular complexity index is 352. The van der Waals surface area contributed by atoms with Crippen molar-refractivity contribution in [3.05, 3.63) is 0 Å². The van der Waals surface area contributed by atoms with Crippen molar-refractivity contribution >= 4 is 10.0 Å². The summed E-state index contributed by atoms with van der Waals surface area (Å²) < 4.78 is 24.4. The normalized spacial score (nSPS) is 22.1. The second kappa shape index (κ2) is 5.88. The van der Waals surface area contributed by atoms with E-state index in [0.29, 0.717) is 24.4 Å². The molecule has 108 valence electrons. The van der Waals surface area contributed by atoms with Crippen LogP contribution in [0.1, 0.15) is 34.1 Å². The molecule has 0 aromatic rings. The molecule has 0 amide bonds. The Morgan fingerprint density at radius 2 is 1.61 bits per heavy atom. The van der Waals surface area contributed by atoms with E-state index in [0.717, 1.165) is 19.6 Å². The standard InChI is InChI=1S/C13H28N2O2S/c1-12(13(2,3)4)6-7-14-8-10-15(11-9-14)18(5,16)17/h12H,6-11H2,1-5H3. The van der Waals surface area contributed by atoms with Gasteiger partial charge >= 0.3 is 0 Å². The lowest BCUT2D eigenvalue weighted by Crippen LogP contribution is -2.48. The van der Waals surface area contributed by atoms with Gasteiger partial charge in [-0.1, -0.05) is 27.7 Å². The number of hydrogen-bond donors (Lipinski definition) is 0. The minimum atomic E-state index is -3.00. The summed E-state index contributed by atoms with van der Waals surface area (Å²) in [4.78, 5) is 2.38. The van der Waals surface area contributed by atoms with Crippen molar-refractivity contribution in [2.24, 2.45) is 11.3 Å². The largest absolute Gasteiger partial charge is 0.301 e. The first kappa shape index (κ1) is 15.9. The fourth-order valence-corrected chi connectivity index (χ4v) is 2.92. The lowest BCUT2D eigenvalue weighted by molar-refractivity contribution is 0.157. The molecular weight excluding hydrogens is 248 g/mol. The zero-order valence-electron chi connectivity index (χ0n) is 12.4. The van der Waals surface area contributed by atoms with Gasteiger partial charge in [-0.2, -0.15) is 4.31 Å². The quantitative estimate of drug-likeness (QED) is 0.784. The number of hydrogen-bond acceptors (Lipinski definition) is 3. The van der Waals surface area contributed by atoms with Crippen LogP contribution >= 0.6 is 0 Å². The van der Waals surface area contributed by atoms with E-state index in [1.54, 1.807) is 4.31 Å². The fraction of sp³-hybridized carbons (Fsp3) is 1.00. The summed E-state index contributed by atoms with van der Waals surface area (Å²) in [5.74, 6) is 0.686. The smallest absolute Gasteiger partial charge is 0.211 e. The average molecular weight is 276 g/mol. The Morgan fingerprint density at radius 1 is 1.11 bits per heavy atom. The first-order valence-electron chi connectivity index (χ1n) is 6.78. The van der Waals surface area contributed by atoms with Crippen LogP contribution in [0, 0.1) is 11.3 Å². The highest BCUT2D eigenvalue weighted by atomic mass is 32.2. The maximum atomic E-state index is 11.4. The highest BCUT2D eigenvalue weighted by molar-refractivity contribution is 7.88. The number of sulfonamides is 1. The molecule has 4 nitrogen and oxygen atoms in total. The Labute approximate surface area is 112 Å². The Balaban J connectivity index is 2.33. The summed E-state index contributed by atoms with van der Waals surface area (Å²) in [7, 11) is -3.00. The second-order valence-electron chi connectivity index (χ2n) is 6.56. The molecule has 1 aliphatic heterocycles. The third kappa shape index (κ3) is 4.86. The van der Waals surface area contributed by atoms with Crippen molar-refractivity contribution in [1.29, 1.82) is 0 Å². The molecule has 1 unspecified atom stereocenters. The van der Waals surface area contributed by atoms with Crippen LogP contribution in [0.15, 0.2) is 0 Å². The molecular formula is C13H28N2O2S. The maximum Gasteiger partial charge on any atom is 0.211 e. The Morgan fingerprint density at radius 3 is 2.00 bits per heavy atom. The molecule has 0 aromatic carbocycles. The molecule has 1 atom stereocenters. The molecule has 0 bridgehead atoms. The van der Waals surface area contributed by atoms with Gasteiger partial charge in [0.15, 0.2) is 0 Å². The third-order valence-corrected chi connectivity index (χ3v) is 5.46. The molecule has 5 heteroatoms. The predicted molar refractivity (Wildman–Crippen MR) is 76.1 cm³/mol. The van der Waals surface area contributed by atoms with Gasteiger partial charge in [-0.3, -0.25) is 0 Å². The van der Waals surface area contributed by atoms with Gasteiger partial charge in [0.25, 0.3) is 0 Å². The summed E-state index contributed by atoms with van der Waals surface area (Å²) in [5.41, 5.74) is 0.356. The van der Waals surface area contributed by atoms with Gasteiger partial charge in [0.2, 0.25) is 10.0 Å². The lowest BCUT2D eigenvalue weighted by Gasteiger charge is -2.35. The molecule has 1 saturated heterocycles. The van der Waals surface area contributed by atoms with Gasteiger partial charge in [-0.25, -0.2) is 8.42 Å². The molecule has 0 saturated carbocycles. The second-order valence-corrected chi connectivity index (χ2v) is 8.54. The van der Waals surface area contributed by atoms with Crippen LogP contribution in [-0.4, -0.2) is 56.6 Å². The molecule has 1 fully saturated rings. The van der Waals surface area contributed by atoms with E-state index in [2.05, 4.69) is 32.6 Å². The lowest BCUT2D eigenvalue weighted by atomic mass is 9.80. The van der Waals surface area contributed by atoms with E-state index in [-0.39, 0.29) is 0 Å². The SMILES string of the molecule is CC(CCN1CCN(S(C)(=O)=O)CC1)C(C)(C)C. The maximum absolute atomic E-state index is 11.4. The van der Waals surface area contributed by atoms with Crippen LogP contribution in [0.5, 0.6) is 0 Å². The highest BCUT2D eigenvalue weighted by Crippen LogP contribution is 2.28. The summed E-state index contributed by atoms with van der Waals surface area (Å²) in [6, 6.07) is 0. The Kier molecular flexibility index (Phi) is 5.21. The summed E-state index contributed by atoms with van der Waals surface area (Å²) in [6.07, 6.45) is 2.48. The number of rotatable bonds is 4. The van der Waals surface area contributed by atoms with Crippen LogP contribution < -0.4 is 0 Å². The average Bonchev–Trinajstić information content (AvgIpc) is 2.24. The first-order chi connectivity index (χ1) is 8.10. The molecule has 0 spiro atoms. The third-order valence-electron chi connectivity index (χ3n) is 4.16. The molecule has 0 aromatic heterocycles. The van der Waals surface area contributed by atoms with Crippen molar-refractivity contribution in [2.75, 3.05) is 39.0 Å². The fourth-order valence-electron chi connectivity index (χ4n) is 2.09. The van der Waals surface area contributed by atoms with Crippen LogP contribution in [0.2, 0.25) is 0 Å². The van der Waals surface area contributed by atoms with E-state index in [9.17, 15) is 8.42 Å². The molecule has 0 radical (unpaired) electrons. The van der Waals surface area contributed by atoms with Crippen molar-refractivity contribution in [3.63, 3.8) is 0 Å². The van der Waals surface area contributed by atoms with Crippen LogP contribution in [-0.2, 0) is 10.0 Å². The van der Waals surface area contributed by atoms with E-state index < -0.39 is 10.0 Å². The van der Waals surface area contributed by atoms with E-state index in [4.69, 9.17) is 0 Å². The van der Waals surface area contributed by atoms with Gasteiger partial charge in [-0.05, 0) is 24.3 Å². The van der Waals surface area contributed by atoms with Crippen molar-refractivity contribution < 1.29 is 8.42 Å². The van der Waals surface area contributed by atoms with Crippen LogP contribution in [0.25, 0.3) is 0 Å². The highest BCUT2D eigenvalue weighted by Gasteiger charge is 2.25. The van der Waals surface area contributed by atoms with E-state index >= 15 is 0 Å². The monoisotopic (exact) mass is 276 g/mol. The first-order valence-corrected chi connectivity index (χ1v) is 8.63.